The van der Waals surface area contributed by atoms with Crippen molar-refractivity contribution in [2.75, 3.05) is 13.7 Å². The largest absolute Gasteiger partial charge is 0.489 e. The predicted molar refractivity (Wildman–Crippen MR) is 104 cm³/mol. The molecule has 140 valence electrons. The Hall–Kier alpha value is -2.76. The van der Waals surface area contributed by atoms with Crippen molar-refractivity contribution in [1.29, 1.82) is 0 Å². The van der Waals surface area contributed by atoms with Crippen molar-refractivity contribution in [3.05, 3.63) is 60.3 Å². The van der Waals surface area contributed by atoms with Crippen LogP contribution in [-0.2, 0) is 18.5 Å². The molecule has 0 radical (unpaired) electrons. The van der Waals surface area contributed by atoms with Crippen LogP contribution in [0.2, 0.25) is 0 Å². The van der Waals surface area contributed by atoms with Gasteiger partial charge >= 0.3 is 0 Å². The summed E-state index contributed by atoms with van der Waals surface area (Å²) < 4.78 is 11.5. The van der Waals surface area contributed by atoms with Crippen LogP contribution < -0.4 is 15.4 Å². The summed E-state index contributed by atoms with van der Waals surface area (Å²) in [5, 5.41) is 6.48. The van der Waals surface area contributed by atoms with E-state index in [9.17, 15) is 0 Å². The summed E-state index contributed by atoms with van der Waals surface area (Å²) in [6.07, 6.45) is 3.51. The van der Waals surface area contributed by atoms with E-state index in [0.717, 1.165) is 17.1 Å². The number of para-hydroxylation sites is 1. The Labute approximate surface area is 155 Å². The van der Waals surface area contributed by atoms with Crippen LogP contribution in [0.15, 0.2) is 52.5 Å². The van der Waals surface area contributed by atoms with Gasteiger partial charge in [0.05, 0.1) is 12.7 Å². The molecule has 2 rings (SSSR count). The van der Waals surface area contributed by atoms with Gasteiger partial charge in [-0.25, -0.2) is 4.98 Å². The lowest BCUT2D eigenvalue weighted by Gasteiger charge is -2.14. The summed E-state index contributed by atoms with van der Waals surface area (Å²) in [5.41, 5.74) is 0.990. The van der Waals surface area contributed by atoms with Gasteiger partial charge in [-0.15, -0.1) is 0 Å². The minimum absolute atomic E-state index is 0.0552. The van der Waals surface area contributed by atoms with Crippen LogP contribution in [0.5, 0.6) is 5.75 Å². The van der Waals surface area contributed by atoms with Gasteiger partial charge in [-0.1, -0.05) is 51.6 Å². The number of nitrogens with zero attached hydrogens (tertiary/aromatic N) is 2. The highest BCUT2D eigenvalue weighted by Gasteiger charge is 2.19. The lowest BCUT2D eigenvalue weighted by molar-refractivity contribution is 0.358. The molecule has 1 aromatic heterocycles. The van der Waals surface area contributed by atoms with Crippen LogP contribution >= 0.6 is 0 Å². The molecule has 0 spiro atoms. The molecule has 0 aliphatic heterocycles. The molecule has 2 aromatic rings. The second-order valence-corrected chi connectivity index (χ2v) is 6.85. The maximum Gasteiger partial charge on any atom is 0.213 e. The van der Waals surface area contributed by atoms with Crippen LogP contribution in [0, 0.1) is 0 Å². The number of ether oxygens (including phenoxy) is 1. The van der Waals surface area contributed by atoms with Gasteiger partial charge in [-0.2, -0.15) is 0 Å². The SMILES string of the molecule is C=CCOc1ccccc1CNC(=NC)NCc1ncc(C(C)(C)C)o1. The maximum atomic E-state index is 5.78. The number of rotatable bonds is 7. The first-order valence-corrected chi connectivity index (χ1v) is 8.65. The Kier molecular flexibility index (Phi) is 6.83. The van der Waals surface area contributed by atoms with E-state index in [4.69, 9.17) is 9.15 Å². The molecular formula is C20H28N4O2. The van der Waals surface area contributed by atoms with E-state index in [0.29, 0.717) is 31.5 Å². The number of guanidine groups is 1. The van der Waals surface area contributed by atoms with E-state index in [2.05, 4.69) is 48.0 Å². The third-order valence-corrected chi connectivity index (χ3v) is 3.70. The van der Waals surface area contributed by atoms with Gasteiger partial charge in [0.1, 0.15) is 18.1 Å². The minimum atomic E-state index is -0.0552. The Balaban J connectivity index is 1.90. The molecule has 1 aromatic carbocycles. The molecule has 1 heterocycles. The van der Waals surface area contributed by atoms with Crippen LogP contribution in [0.25, 0.3) is 0 Å². The summed E-state index contributed by atoms with van der Waals surface area (Å²) in [7, 11) is 1.73. The first-order valence-electron chi connectivity index (χ1n) is 8.65. The molecule has 0 amide bonds. The third-order valence-electron chi connectivity index (χ3n) is 3.70. The summed E-state index contributed by atoms with van der Waals surface area (Å²) in [5.74, 6) is 3.00. The number of hydrogen-bond donors (Lipinski definition) is 2. The average Bonchev–Trinajstić information content (AvgIpc) is 3.10. The summed E-state index contributed by atoms with van der Waals surface area (Å²) in [6, 6.07) is 7.89. The predicted octanol–water partition coefficient (Wildman–Crippen LogP) is 3.40. The van der Waals surface area contributed by atoms with Gasteiger partial charge in [0.15, 0.2) is 5.96 Å². The van der Waals surface area contributed by atoms with Crippen molar-refractivity contribution in [1.82, 2.24) is 15.6 Å². The summed E-state index contributed by atoms with van der Waals surface area (Å²) >= 11 is 0. The first kappa shape index (κ1) is 19.6. The molecule has 6 heteroatoms. The minimum Gasteiger partial charge on any atom is -0.489 e. The zero-order valence-electron chi connectivity index (χ0n) is 16.0. The van der Waals surface area contributed by atoms with Gasteiger partial charge in [0.2, 0.25) is 5.89 Å². The number of benzene rings is 1. The van der Waals surface area contributed by atoms with Gasteiger partial charge in [-0.05, 0) is 6.07 Å². The molecule has 6 nitrogen and oxygen atoms in total. The second kappa shape index (κ2) is 9.08. The maximum absolute atomic E-state index is 5.78. The Morgan fingerprint density at radius 3 is 2.65 bits per heavy atom. The fourth-order valence-corrected chi connectivity index (χ4v) is 2.24. The first-order chi connectivity index (χ1) is 12.4. The molecular weight excluding hydrogens is 328 g/mol. The van der Waals surface area contributed by atoms with Crippen LogP contribution in [0.3, 0.4) is 0 Å². The monoisotopic (exact) mass is 356 g/mol. The van der Waals surface area contributed by atoms with E-state index in [-0.39, 0.29) is 5.41 Å². The molecule has 0 saturated carbocycles. The number of aliphatic imine (C=N–C) groups is 1. The lowest BCUT2D eigenvalue weighted by atomic mass is 9.94. The van der Waals surface area contributed by atoms with Crippen molar-refractivity contribution >= 4 is 5.96 Å². The quantitative estimate of drug-likeness (QED) is 0.452. The normalized spacial score (nSPS) is 11.9. The molecule has 2 N–H and O–H groups in total. The van der Waals surface area contributed by atoms with Crippen molar-refractivity contribution in [2.24, 2.45) is 4.99 Å². The lowest BCUT2D eigenvalue weighted by Crippen LogP contribution is -2.36. The molecule has 0 aliphatic carbocycles. The molecule has 0 bridgehead atoms. The number of hydrogen-bond acceptors (Lipinski definition) is 4. The Bertz CT molecular complexity index is 744. The zero-order chi connectivity index (χ0) is 19.0. The molecule has 0 unspecified atom stereocenters. The smallest absolute Gasteiger partial charge is 0.213 e. The highest BCUT2D eigenvalue weighted by atomic mass is 16.5. The van der Waals surface area contributed by atoms with E-state index in [1.165, 1.54) is 0 Å². The zero-order valence-corrected chi connectivity index (χ0v) is 16.0. The fraction of sp³-hybridized carbons (Fsp3) is 0.400. The Morgan fingerprint density at radius 1 is 1.27 bits per heavy atom. The Morgan fingerprint density at radius 2 is 2.00 bits per heavy atom. The highest BCUT2D eigenvalue weighted by Crippen LogP contribution is 2.22. The average molecular weight is 356 g/mol. The van der Waals surface area contributed by atoms with Crippen molar-refractivity contribution < 1.29 is 9.15 Å². The van der Waals surface area contributed by atoms with E-state index >= 15 is 0 Å². The van der Waals surface area contributed by atoms with Crippen LogP contribution in [0.1, 0.15) is 38.0 Å². The number of nitrogens with one attached hydrogen (secondary N) is 2. The van der Waals surface area contributed by atoms with Crippen LogP contribution in [-0.4, -0.2) is 24.6 Å². The summed E-state index contributed by atoms with van der Waals surface area (Å²) in [6.45, 7) is 11.5. The topological polar surface area (TPSA) is 71.7 Å². The van der Waals surface area contributed by atoms with E-state index < -0.39 is 0 Å². The molecule has 0 saturated heterocycles. The second-order valence-electron chi connectivity index (χ2n) is 6.85. The van der Waals surface area contributed by atoms with Gasteiger partial charge in [0, 0.05) is 24.6 Å². The summed E-state index contributed by atoms with van der Waals surface area (Å²) in [4.78, 5) is 8.55. The van der Waals surface area contributed by atoms with Gasteiger partial charge in [-0.3, -0.25) is 4.99 Å². The number of aromatic nitrogens is 1. The van der Waals surface area contributed by atoms with Crippen molar-refractivity contribution in [3.8, 4) is 5.75 Å². The van der Waals surface area contributed by atoms with E-state index in [1.807, 2.05) is 24.3 Å². The molecule has 0 aliphatic rings. The van der Waals surface area contributed by atoms with Gasteiger partial charge < -0.3 is 19.8 Å². The van der Waals surface area contributed by atoms with Crippen molar-refractivity contribution in [2.45, 2.75) is 39.3 Å². The number of oxazole rings is 1. The standard InChI is InChI=1S/C20H28N4O2/c1-6-11-25-16-10-8-7-9-15(16)12-23-19(21-5)24-14-18-22-13-17(26-18)20(2,3)4/h6-10,13H,1,11-12,14H2,2-5H3,(H2,21,23,24). The highest BCUT2D eigenvalue weighted by molar-refractivity contribution is 5.79. The molecule has 0 atom stereocenters. The molecule has 26 heavy (non-hydrogen) atoms. The van der Waals surface area contributed by atoms with Gasteiger partial charge in [0.25, 0.3) is 0 Å². The third kappa shape index (κ3) is 5.65. The van der Waals surface area contributed by atoms with E-state index in [1.54, 1.807) is 19.3 Å². The van der Waals surface area contributed by atoms with Crippen LogP contribution in [0.4, 0.5) is 0 Å². The van der Waals surface area contributed by atoms with Crippen molar-refractivity contribution in [3.63, 3.8) is 0 Å². The molecule has 0 fully saturated rings. The fourth-order valence-electron chi connectivity index (χ4n) is 2.24.